The number of nitrogens with one attached hydrogen (secondary N) is 1. The molecule has 0 aliphatic rings. The Morgan fingerprint density at radius 3 is 2.35 bits per heavy atom. The van der Waals surface area contributed by atoms with Gasteiger partial charge in [0.1, 0.15) is 0 Å². The van der Waals surface area contributed by atoms with Crippen molar-refractivity contribution < 1.29 is 0 Å². The van der Waals surface area contributed by atoms with E-state index in [0.29, 0.717) is 12.4 Å². The molecule has 1 N–H and O–H groups in total. The lowest BCUT2D eigenvalue weighted by Gasteiger charge is -2.09. The van der Waals surface area contributed by atoms with Crippen molar-refractivity contribution in [1.29, 1.82) is 0 Å². The van der Waals surface area contributed by atoms with Crippen molar-refractivity contribution in [2.45, 2.75) is 33.2 Å². The summed E-state index contributed by atoms with van der Waals surface area (Å²) in [6.45, 7) is 4.87. The van der Waals surface area contributed by atoms with Gasteiger partial charge in [0.25, 0.3) is 0 Å². The summed E-state index contributed by atoms with van der Waals surface area (Å²) in [4.78, 5) is 4.64. The average molecular weight is 412 g/mol. The van der Waals surface area contributed by atoms with E-state index < -0.39 is 0 Å². The summed E-state index contributed by atoms with van der Waals surface area (Å²) in [5.41, 5.74) is 4.31. The highest BCUT2D eigenvalue weighted by molar-refractivity contribution is 5.80. The molecule has 0 unspecified atom stereocenters. The number of hydrogen-bond acceptors (Lipinski definition) is 5. The van der Waals surface area contributed by atoms with E-state index in [1.807, 2.05) is 35.0 Å². The van der Waals surface area contributed by atoms with E-state index in [9.17, 15) is 0 Å². The van der Waals surface area contributed by atoms with Crippen molar-refractivity contribution in [3.8, 4) is 22.5 Å². The molecule has 0 saturated carbocycles. The molecular formula is C24H25N7. The molecule has 0 aliphatic heterocycles. The highest BCUT2D eigenvalue weighted by Crippen LogP contribution is 2.29. The molecule has 0 radical (unpaired) electrons. The summed E-state index contributed by atoms with van der Waals surface area (Å²) in [6, 6.07) is 16.6. The lowest BCUT2D eigenvalue weighted by atomic mass is 9.98. The molecule has 156 valence electrons. The van der Waals surface area contributed by atoms with Crippen LogP contribution in [-0.4, -0.2) is 35.4 Å². The Morgan fingerprint density at radius 2 is 1.65 bits per heavy atom. The van der Waals surface area contributed by atoms with Crippen LogP contribution in [-0.2, 0) is 6.54 Å². The number of H-pyrrole nitrogens is 1. The van der Waals surface area contributed by atoms with Gasteiger partial charge in [0.2, 0.25) is 0 Å². The summed E-state index contributed by atoms with van der Waals surface area (Å²) < 4.78 is 1.95. The fraction of sp³-hybridized carbons (Fsp3) is 0.208. The predicted molar refractivity (Wildman–Crippen MR) is 123 cm³/mol. The van der Waals surface area contributed by atoms with Gasteiger partial charge in [-0.3, -0.25) is 0 Å². The first kappa shape index (κ1) is 20.4. The van der Waals surface area contributed by atoms with Crippen LogP contribution in [0.3, 0.4) is 0 Å². The first-order valence-electron chi connectivity index (χ1n) is 10.5. The van der Waals surface area contributed by atoms with Gasteiger partial charge in [0.05, 0.1) is 6.54 Å². The third-order valence-electron chi connectivity index (χ3n) is 4.85. The third kappa shape index (κ3) is 4.83. The zero-order chi connectivity index (χ0) is 21.5. The summed E-state index contributed by atoms with van der Waals surface area (Å²) in [7, 11) is 0. The Labute approximate surface area is 181 Å². The number of nitrogens with zero attached hydrogens (tertiary/aromatic N) is 6. The number of hydrogen-bond donors (Lipinski definition) is 1. The molecule has 4 rings (SSSR count). The van der Waals surface area contributed by atoms with E-state index in [1.165, 1.54) is 0 Å². The monoisotopic (exact) mass is 411 g/mol. The molecule has 0 amide bonds. The molecule has 31 heavy (non-hydrogen) atoms. The van der Waals surface area contributed by atoms with E-state index in [1.54, 1.807) is 0 Å². The van der Waals surface area contributed by atoms with Gasteiger partial charge in [0.15, 0.2) is 17.5 Å². The average Bonchev–Trinajstić information content (AvgIpc) is 3.47. The van der Waals surface area contributed by atoms with E-state index >= 15 is 0 Å². The molecule has 4 aromatic rings. The van der Waals surface area contributed by atoms with Gasteiger partial charge in [-0.2, -0.15) is 5.10 Å². The van der Waals surface area contributed by atoms with Gasteiger partial charge < -0.3 is 0 Å². The van der Waals surface area contributed by atoms with Crippen LogP contribution in [0.4, 0.5) is 0 Å². The number of tetrazole rings is 1. The second kappa shape index (κ2) is 9.75. The summed E-state index contributed by atoms with van der Waals surface area (Å²) in [5.74, 6) is 2.26. The Bertz CT molecular complexity index is 1170. The standard InChI is InChI=1S/C24H25N7/c1-3-5-11-22-25-23(12-6-4-2)31(28-22)17-18-13-15-19(16-14-18)20-9-7-8-10-21(20)24-26-29-30-27-24/h5-16H,3-4,17H2,1-2H3,(H,26,27,29,30)/b11-5+,12-6+. The second-order valence-corrected chi connectivity index (χ2v) is 7.10. The molecule has 0 spiro atoms. The number of allylic oxidation sites excluding steroid dienone is 2. The van der Waals surface area contributed by atoms with Crippen LogP contribution in [0.1, 0.15) is 43.9 Å². The van der Waals surface area contributed by atoms with Gasteiger partial charge >= 0.3 is 0 Å². The fourth-order valence-corrected chi connectivity index (χ4v) is 3.31. The number of rotatable bonds is 8. The Kier molecular flexibility index (Phi) is 6.42. The lowest BCUT2D eigenvalue weighted by Crippen LogP contribution is -2.04. The number of aromatic nitrogens is 7. The zero-order valence-corrected chi connectivity index (χ0v) is 17.7. The smallest absolute Gasteiger partial charge is 0.180 e. The molecular weight excluding hydrogens is 386 g/mol. The number of aromatic amines is 1. The molecule has 2 aromatic carbocycles. The van der Waals surface area contributed by atoms with Crippen molar-refractivity contribution in [3.63, 3.8) is 0 Å². The lowest BCUT2D eigenvalue weighted by molar-refractivity contribution is 0.676. The molecule has 2 aromatic heterocycles. The Balaban J connectivity index is 1.60. The first-order valence-corrected chi connectivity index (χ1v) is 10.5. The largest absolute Gasteiger partial charge is 0.241 e. The maximum atomic E-state index is 4.67. The van der Waals surface area contributed by atoms with Crippen molar-refractivity contribution in [2.75, 3.05) is 0 Å². The molecule has 7 nitrogen and oxygen atoms in total. The molecule has 0 fully saturated rings. The summed E-state index contributed by atoms with van der Waals surface area (Å²) in [6.07, 6.45) is 10.1. The van der Waals surface area contributed by atoms with E-state index in [0.717, 1.165) is 46.7 Å². The first-order chi connectivity index (χ1) is 15.3. The highest BCUT2D eigenvalue weighted by Gasteiger charge is 2.11. The van der Waals surface area contributed by atoms with Crippen LogP contribution in [0.15, 0.2) is 60.7 Å². The second-order valence-electron chi connectivity index (χ2n) is 7.10. The van der Waals surface area contributed by atoms with E-state index in [-0.39, 0.29) is 0 Å². The molecule has 0 bridgehead atoms. The van der Waals surface area contributed by atoms with E-state index in [2.05, 4.69) is 87.0 Å². The van der Waals surface area contributed by atoms with E-state index in [4.69, 9.17) is 0 Å². The Hall–Kier alpha value is -3.87. The fourth-order valence-electron chi connectivity index (χ4n) is 3.31. The normalized spacial score (nSPS) is 11.7. The molecule has 0 atom stereocenters. The molecule has 0 aliphatic carbocycles. The predicted octanol–water partition coefficient (Wildman–Crippen LogP) is 5.02. The van der Waals surface area contributed by atoms with Gasteiger partial charge in [-0.15, -0.1) is 5.10 Å². The van der Waals surface area contributed by atoms with Gasteiger partial charge in [-0.1, -0.05) is 74.5 Å². The molecule has 0 saturated heterocycles. The van der Waals surface area contributed by atoms with Crippen LogP contribution >= 0.6 is 0 Å². The zero-order valence-electron chi connectivity index (χ0n) is 17.7. The van der Waals surface area contributed by atoms with Crippen LogP contribution in [0.2, 0.25) is 0 Å². The minimum atomic E-state index is 0.655. The Morgan fingerprint density at radius 1 is 0.903 bits per heavy atom. The van der Waals surface area contributed by atoms with Crippen LogP contribution in [0, 0.1) is 0 Å². The van der Waals surface area contributed by atoms with Crippen LogP contribution in [0.5, 0.6) is 0 Å². The van der Waals surface area contributed by atoms with Gasteiger partial charge in [-0.25, -0.2) is 14.8 Å². The van der Waals surface area contributed by atoms with Crippen LogP contribution in [0.25, 0.3) is 34.7 Å². The van der Waals surface area contributed by atoms with Gasteiger partial charge in [-0.05, 0) is 52.1 Å². The maximum Gasteiger partial charge on any atom is 0.180 e. The molecule has 7 heteroatoms. The van der Waals surface area contributed by atoms with Crippen molar-refractivity contribution in [1.82, 2.24) is 35.4 Å². The SMILES string of the molecule is CC/C=C/c1nc(/C=C/CC)n(Cc2ccc(-c3ccccc3-c3nnn[nH]3)cc2)n1. The van der Waals surface area contributed by atoms with Crippen molar-refractivity contribution in [2.24, 2.45) is 0 Å². The van der Waals surface area contributed by atoms with Crippen LogP contribution < -0.4 is 0 Å². The summed E-state index contributed by atoms with van der Waals surface area (Å²) >= 11 is 0. The third-order valence-corrected chi connectivity index (χ3v) is 4.85. The van der Waals surface area contributed by atoms with Crippen molar-refractivity contribution in [3.05, 3.63) is 77.9 Å². The minimum Gasteiger partial charge on any atom is -0.241 e. The van der Waals surface area contributed by atoms with Crippen molar-refractivity contribution >= 4 is 12.2 Å². The topological polar surface area (TPSA) is 85.2 Å². The summed E-state index contributed by atoms with van der Waals surface area (Å²) in [5, 5.41) is 19.0. The highest BCUT2D eigenvalue weighted by atomic mass is 15.5. The van der Waals surface area contributed by atoms with Gasteiger partial charge in [0, 0.05) is 5.56 Å². The quantitative estimate of drug-likeness (QED) is 0.440. The molecule has 2 heterocycles. The maximum absolute atomic E-state index is 4.67. The minimum absolute atomic E-state index is 0.655. The number of benzene rings is 2.